The number of aromatic nitrogens is 2. The summed E-state index contributed by atoms with van der Waals surface area (Å²) in [7, 11) is 0. The van der Waals surface area contributed by atoms with Gasteiger partial charge < -0.3 is 5.73 Å². The fourth-order valence-corrected chi connectivity index (χ4v) is 2.80. The zero-order chi connectivity index (χ0) is 15.0. The lowest BCUT2D eigenvalue weighted by Crippen LogP contribution is -2.27. The zero-order valence-corrected chi connectivity index (χ0v) is 13.0. The predicted molar refractivity (Wildman–Crippen MR) is 88.4 cm³/mol. The van der Waals surface area contributed by atoms with Gasteiger partial charge in [0, 0.05) is 4.47 Å². The maximum Gasteiger partial charge on any atom is 0.263 e. The van der Waals surface area contributed by atoms with Crippen LogP contribution in [0.5, 0.6) is 0 Å². The summed E-state index contributed by atoms with van der Waals surface area (Å²) in [6.07, 6.45) is 0. The first kappa shape index (κ1) is 13.8. The summed E-state index contributed by atoms with van der Waals surface area (Å²) < 4.78 is 2.38. The van der Waals surface area contributed by atoms with Crippen molar-refractivity contribution < 1.29 is 0 Å². The van der Waals surface area contributed by atoms with Gasteiger partial charge in [0.2, 0.25) is 5.95 Å². The minimum atomic E-state index is -0.172. The Balaban J connectivity index is 2.25. The predicted octanol–water partition coefficient (Wildman–Crippen LogP) is 3.35. The molecule has 1 unspecified atom stereocenters. The Hall–Kier alpha value is -2.14. The average Bonchev–Trinajstić information content (AvgIpc) is 2.49. The van der Waals surface area contributed by atoms with Gasteiger partial charge in [-0.15, -0.1) is 0 Å². The van der Waals surface area contributed by atoms with Gasteiger partial charge in [0.15, 0.2) is 0 Å². The smallest absolute Gasteiger partial charge is 0.263 e. The molecule has 2 aromatic carbocycles. The summed E-state index contributed by atoms with van der Waals surface area (Å²) in [5, 5.41) is 0.557. The van der Waals surface area contributed by atoms with Crippen LogP contribution in [0.25, 0.3) is 10.9 Å². The van der Waals surface area contributed by atoms with Crippen molar-refractivity contribution in [3.05, 3.63) is 68.9 Å². The van der Waals surface area contributed by atoms with Crippen molar-refractivity contribution in [3.8, 4) is 0 Å². The summed E-state index contributed by atoms with van der Waals surface area (Å²) >= 11 is 3.38. The normalized spacial score (nSPS) is 12.5. The highest BCUT2D eigenvalue weighted by Gasteiger charge is 2.15. The fraction of sp³-hybridized carbons (Fsp3) is 0.125. The van der Waals surface area contributed by atoms with Crippen LogP contribution >= 0.6 is 15.9 Å². The summed E-state index contributed by atoms with van der Waals surface area (Å²) in [6, 6.07) is 15.0. The fourth-order valence-electron chi connectivity index (χ4n) is 2.44. The van der Waals surface area contributed by atoms with Crippen LogP contribution in [0.2, 0.25) is 0 Å². The quantitative estimate of drug-likeness (QED) is 0.776. The molecular weight excluding hydrogens is 330 g/mol. The number of rotatable bonds is 2. The van der Waals surface area contributed by atoms with Gasteiger partial charge in [-0.2, -0.15) is 0 Å². The number of fused-ring (bicyclic) bond motifs is 1. The van der Waals surface area contributed by atoms with Crippen LogP contribution in [-0.4, -0.2) is 9.55 Å². The minimum Gasteiger partial charge on any atom is -0.369 e. The standard InChI is InChI=1S/C16H14BrN3O/c1-10(11-5-3-2-4-6-11)20-15(21)13-9-12(17)7-8-14(13)19-16(20)18/h2-10H,1H3,(H2,18,19). The van der Waals surface area contributed by atoms with Gasteiger partial charge >= 0.3 is 0 Å². The van der Waals surface area contributed by atoms with Crippen molar-refractivity contribution in [3.63, 3.8) is 0 Å². The van der Waals surface area contributed by atoms with E-state index in [9.17, 15) is 4.79 Å². The van der Waals surface area contributed by atoms with Crippen molar-refractivity contribution in [2.24, 2.45) is 0 Å². The number of benzene rings is 2. The third-order valence-electron chi connectivity index (χ3n) is 3.56. The van der Waals surface area contributed by atoms with Gasteiger partial charge in [0.1, 0.15) is 0 Å². The molecule has 0 bridgehead atoms. The average molecular weight is 344 g/mol. The Kier molecular flexibility index (Phi) is 3.51. The molecule has 3 rings (SSSR count). The van der Waals surface area contributed by atoms with Gasteiger partial charge in [-0.1, -0.05) is 46.3 Å². The van der Waals surface area contributed by atoms with E-state index < -0.39 is 0 Å². The van der Waals surface area contributed by atoms with Crippen LogP contribution in [0.1, 0.15) is 18.5 Å². The van der Waals surface area contributed by atoms with Crippen LogP contribution in [-0.2, 0) is 0 Å². The first-order valence-corrected chi connectivity index (χ1v) is 7.39. The van der Waals surface area contributed by atoms with Gasteiger partial charge in [-0.3, -0.25) is 9.36 Å². The van der Waals surface area contributed by atoms with Crippen LogP contribution in [0.4, 0.5) is 5.95 Å². The number of hydrogen-bond acceptors (Lipinski definition) is 3. The topological polar surface area (TPSA) is 60.9 Å². The molecule has 0 aliphatic heterocycles. The van der Waals surface area contributed by atoms with Crippen LogP contribution in [0.15, 0.2) is 57.8 Å². The Morgan fingerprint density at radius 2 is 1.90 bits per heavy atom. The molecule has 21 heavy (non-hydrogen) atoms. The Morgan fingerprint density at radius 1 is 1.19 bits per heavy atom. The molecule has 0 fully saturated rings. The van der Waals surface area contributed by atoms with E-state index in [1.165, 1.54) is 4.57 Å². The van der Waals surface area contributed by atoms with Gasteiger partial charge in [0.25, 0.3) is 5.56 Å². The number of nitrogen functional groups attached to an aromatic ring is 1. The van der Waals surface area contributed by atoms with Crippen molar-refractivity contribution in [2.45, 2.75) is 13.0 Å². The number of nitrogens with zero attached hydrogens (tertiary/aromatic N) is 2. The highest BCUT2D eigenvalue weighted by atomic mass is 79.9. The van der Waals surface area contributed by atoms with E-state index in [0.717, 1.165) is 10.0 Å². The molecule has 0 aliphatic carbocycles. The van der Waals surface area contributed by atoms with E-state index in [0.29, 0.717) is 10.9 Å². The highest BCUT2D eigenvalue weighted by molar-refractivity contribution is 9.10. The molecule has 0 amide bonds. The second-order valence-corrected chi connectivity index (χ2v) is 5.81. The molecule has 1 aromatic heterocycles. The first-order valence-electron chi connectivity index (χ1n) is 6.60. The van der Waals surface area contributed by atoms with Crippen LogP contribution < -0.4 is 11.3 Å². The number of halogens is 1. The number of anilines is 1. The SMILES string of the molecule is CC(c1ccccc1)n1c(N)nc2ccc(Br)cc2c1=O. The van der Waals surface area contributed by atoms with Crippen LogP contribution in [0.3, 0.4) is 0 Å². The van der Waals surface area contributed by atoms with E-state index in [-0.39, 0.29) is 17.5 Å². The highest BCUT2D eigenvalue weighted by Crippen LogP contribution is 2.21. The molecule has 2 N–H and O–H groups in total. The van der Waals surface area contributed by atoms with Gasteiger partial charge in [-0.05, 0) is 30.7 Å². The molecule has 0 saturated carbocycles. The Morgan fingerprint density at radius 3 is 2.62 bits per heavy atom. The molecule has 0 spiro atoms. The third-order valence-corrected chi connectivity index (χ3v) is 4.05. The molecule has 1 heterocycles. The lowest BCUT2D eigenvalue weighted by atomic mass is 10.1. The maximum atomic E-state index is 12.7. The summed E-state index contributed by atoms with van der Waals surface area (Å²) in [4.78, 5) is 17.1. The van der Waals surface area contributed by atoms with Crippen molar-refractivity contribution in [1.82, 2.24) is 9.55 Å². The molecule has 5 heteroatoms. The van der Waals surface area contributed by atoms with Gasteiger partial charge in [-0.25, -0.2) is 4.98 Å². The molecule has 3 aromatic rings. The third kappa shape index (κ3) is 2.45. The first-order chi connectivity index (χ1) is 10.1. The van der Waals surface area contributed by atoms with E-state index in [4.69, 9.17) is 5.73 Å². The lowest BCUT2D eigenvalue weighted by molar-refractivity contribution is 0.620. The van der Waals surface area contributed by atoms with Crippen molar-refractivity contribution in [2.75, 3.05) is 5.73 Å². The largest absolute Gasteiger partial charge is 0.369 e. The molecule has 106 valence electrons. The molecule has 4 nitrogen and oxygen atoms in total. The monoisotopic (exact) mass is 343 g/mol. The molecule has 0 radical (unpaired) electrons. The molecule has 0 aliphatic rings. The summed E-state index contributed by atoms with van der Waals surface area (Å²) in [5.41, 5.74) is 7.50. The zero-order valence-electron chi connectivity index (χ0n) is 11.5. The van der Waals surface area contributed by atoms with E-state index in [1.807, 2.05) is 43.3 Å². The minimum absolute atomic E-state index is 0.129. The van der Waals surface area contributed by atoms with Gasteiger partial charge in [0.05, 0.1) is 16.9 Å². The Labute approximate surface area is 130 Å². The molecule has 0 saturated heterocycles. The Bertz CT molecular complexity index is 859. The van der Waals surface area contributed by atoms with E-state index >= 15 is 0 Å². The second kappa shape index (κ2) is 5.33. The van der Waals surface area contributed by atoms with Crippen LogP contribution in [0, 0.1) is 0 Å². The lowest BCUT2D eigenvalue weighted by Gasteiger charge is -2.18. The number of nitrogens with two attached hydrogens (primary N) is 1. The number of hydrogen-bond donors (Lipinski definition) is 1. The molecule has 1 atom stereocenters. The van der Waals surface area contributed by atoms with Crippen molar-refractivity contribution in [1.29, 1.82) is 0 Å². The maximum absolute atomic E-state index is 12.7. The molecular formula is C16H14BrN3O. The van der Waals surface area contributed by atoms with E-state index in [1.54, 1.807) is 12.1 Å². The summed E-state index contributed by atoms with van der Waals surface area (Å²) in [5.74, 6) is 0.228. The summed E-state index contributed by atoms with van der Waals surface area (Å²) in [6.45, 7) is 1.94. The van der Waals surface area contributed by atoms with Crippen molar-refractivity contribution >= 4 is 32.8 Å². The second-order valence-electron chi connectivity index (χ2n) is 4.89. The van der Waals surface area contributed by atoms with E-state index in [2.05, 4.69) is 20.9 Å².